The molecule has 0 radical (unpaired) electrons. The third kappa shape index (κ3) is 3.58. The lowest BCUT2D eigenvalue weighted by atomic mass is 9.87. The van der Waals surface area contributed by atoms with Gasteiger partial charge in [-0.2, -0.15) is 0 Å². The first-order valence-corrected chi connectivity index (χ1v) is 10.2. The highest BCUT2D eigenvalue weighted by Gasteiger charge is 2.40. The Hall–Kier alpha value is -2.56. The summed E-state index contributed by atoms with van der Waals surface area (Å²) in [5.41, 5.74) is 1.05. The number of hydrogen-bond acceptors (Lipinski definition) is 3. The summed E-state index contributed by atoms with van der Waals surface area (Å²) in [5.74, 6) is 0.250. The molecule has 4 nitrogen and oxygen atoms in total. The van der Waals surface area contributed by atoms with E-state index in [9.17, 15) is 9.18 Å². The SMILES string of the molecule is CCCN1CCC2(CCN(C(=O)c3ccccc3F)CC2)Oc2ccccc21. The highest BCUT2D eigenvalue weighted by atomic mass is 19.1. The van der Waals surface area contributed by atoms with Crippen LogP contribution >= 0.6 is 0 Å². The molecule has 1 spiro atoms. The first kappa shape index (κ1) is 18.8. The number of piperidine rings is 1. The van der Waals surface area contributed by atoms with Gasteiger partial charge in [0.15, 0.2) is 0 Å². The maximum atomic E-state index is 14.0. The molecule has 2 aromatic rings. The normalized spacial score (nSPS) is 18.4. The van der Waals surface area contributed by atoms with Crippen LogP contribution in [0, 0.1) is 5.82 Å². The first-order chi connectivity index (χ1) is 13.6. The van der Waals surface area contributed by atoms with Crippen LogP contribution in [0.3, 0.4) is 0 Å². The zero-order valence-electron chi connectivity index (χ0n) is 16.4. The van der Waals surface area contributed by atoms with Gasteiger partial charge in [-0.05, 0) is 30.7 Å². The topological polar surface area (TPSA) is 32.8 Å². The van der Waals surface area contributed by atoms with Gasteiger partial charge in [0.2, 0.25) is 0 Å². The van der Waals surface area contributed by atoms with E-state index in [-0.39, 0.29) is 17.1 Å². The number of amides is 1. The van der Waals surface area contributed by atoms with Crippen LogP contribution in [0.5, 0.6) is 5.75 Å². The number of carbonyl (C=O) groups excluding carboxylic acids is 1. The Morgan fingerprint density at radius 2 is 1.71 bits per heavy atom. The number of hydrogen-bond donors (Lipinski definition) is 0. The molecule has 0 aliphatic carbocycles. The summed E-state index contributed by atoms with van der Waals surface area (Å²) >= 11 is 0. The molecule has 1 saturated heterocycles. The molecule has 4 rings (SSSR count). The van der Waals surface area contributed by atoms with Crippen molar-refractivity contribution in [1.82, 2.24) is 4.90 Å². The number of nitrogens with zero attached hydrogens (tertiary/aromatic N) is 2. The van der Waals surface area contributed by atoms with Gasteiger partial charge in [0.1, 0.15) is 17.2 Å². The molecule has 2 heterocycles. The third-order valence-electron chi connectivity index (χ3n) is 5.93. The van der Waals surface area contributed by atoms with Crippen molar-refractivity contribution >= 4 is 11.6 Å². The molecule has 2 aromatic carbocycles. The van der Waals surface area contributed by atoms with Gasteiger partial charge >= 0.3 is 0 Å². The molecule has 28 heavy (non-hydrogen) atoms. The van der Waals surface area contributed by atoms with Crippen molar-refractivity contribution in [1.29, 1.82) is 0 Å². The Bertz CT molecular complexity index is 846. The van der Waals surface area contributed by atoms with E-state index in [0.29, 0.717) is 13.1 Å². The maximum absolute atomic E-state index is 14.0. The average Bonchev–Trinajstić information content (AvgIpc) is 2.86. The number of para-hydroxylation sites is 2. The van der Waals surface area contributed by atoms with Crippen LogP contribution in [-0.2, 0) is 0 Å². The van der Waals surface area contributed by atoms with E-state index in [2.05, 4.69) is 24.0 Å². The minimum Gasteiger partial charge on any atom is -0.485 e. The standard InChI is InChI=1S/C23H27FN2O2/c1-2-14-25-15-11-23(28-21-10-6-5-9-20(21)25)12-16-26(17-13-23)22(27)18-7-3-4-8-19(18)24/h3-10H,2,11-17H2,1H3. The van der Waals surface area contributed by atoms with Crippen molar-refractivity contribution in [2.45, 2.75) is 38.2 Å². The minimum atomic E-state index is -0.456. The molecular formula is C23H27FN2O2. The maximum Gasteiger partial charge on any atom is 0.256 e. The van der Waals surface area contributed by atoms with Crippen LogP contribution in [0.25, 0.3) is 0 Å². The van der Waals surface area contributed by atoms with Crippen molar-refractivity contribution in [2.75, 3.05) is 31.1 Å². The summed E-state index contributed by atoms with van der Waals surface area (Å²) in [6.45, 7) is 5.32. The number of ether oxygens (including phenoxy) is 1. The van der Waals surface area contributed by atoms with E-state index in [1.54, 1.807) is 23.1 Å². The van der Waals surface area contributed by atoms with Crippen molar-refractivity contribution in [3.63, 3.8) is 0 Å². The zero-order chi connectivity index (χ0) is 19.6. The molecule has 0 bridgehead atoms. The summed E-state index contributed by atoms with van der Waals surface area (Å²) < 4.78 is 20.6. The fraction of sp³-hybridized carbons (Fsp3) is 0.435. The number of carbonyl (C=O) groups is 1. The number of rotatable bonds is 3. The minimum absolute atomic E-state index is 0.153. The molecule has 5 heteroatoms. The van der Waals surface area contributed by atoms with Crippen molar-refractivity contribution in [2.24, 2.45) is 0 Å². The molecule has 0 aromatic heterocycles. The monoisotopic (exact) mass is 382 g/mol. The molecule has 0 atom stereocenters. The lowest BCUT2D eigenvalue weighted by Gasteiger charge is -2.41. The fourth-order valence-corrected chi connectivity index (χ4v) is 4.32. The van der Waals surface area contributed by atoms with Crippen LogP contribution in [0.15, 0.2) is 48.5 Å². The molecule has 1 fully saturated rings. The summed E-state index contributed by atoms with van der Waals surface area (Å²) in [7, 11) is 0. The quantitative estimate of drug-likeness (QED) is 0.784. The Labute approximate surface area is 165 Å². The van der Waals surface area contributed by atoms with E-state index in [1.165, 1.54) is 6.07 Å². The second-order valence-electron chi connectivity index (χ2n) is 7.76. The van der Waals surface area contributed by atoms with Crippen LogP contribution in [0.4, 0.5) is 10.1 Å². The molecule has 148 valence electrons. The Balaban J connectivity index is 1.50. The second kappa shape index (κ2) is 7.82. The van der Waals surface area contributed by atoms with Gasteiger partial charge in [-0.25, -0.2) is 4.39 Å². The Kier molecular flexibility index (Phi) is 5.25. The van der Waals surface area contributed by atoms with Crippen LogP contribution in [-0.4, -0.2) is 42.6 Å². The van der Waals surface area contributed by atoms with Gasteiger partial charge in [0.25, 0.3) is 5.91 Å². The zero-order valence-corrected chi connectivity index (χ0v) is 16.4. The van der Waals surface area contributed by atoms with Crippen molar-refractivity contribution in [3.05, 3.63) is 59.9 Å². The molecule has 0 unspecified atom stereocenters. The van der Waals surface area contributed by atoms with E-state index < -0.39 is 5.82 Å². The molecule has 0 saturated carbocycles. The highest BCUT2D eigenvalue weighted by Crippen LogP contribution is 2.40. The smallest absolute Gasteiger partial charge is 0.256 e. The first-order valence-electron chi connectivity index (χ1n) is 10.2. The van der Waals surface area contributed by atoms with Crippen LogP contribution < -0.4 is 9.64 Å². The van der Waals surface area contributed by atoms with Crippen molar-refractivity contribution in [3.8, 4) is 5.75 Å². The molecule has 1 amide bonds. The van der Waals surface area contributed by atoms with Crippen LogP contribution in [0.2, 0.25) is 0 Å². The van der Waals surface area contributed by atoms with E-state index >= 15 is 0 Å². The summed E-state index contributed by atoms with van der Waals surface area (Å²) in [4.78, 5) is 16.9. The number of benzene rings is 2. The number of fused-ring (bicyclic) bond motifs is 1. The summed E-state index contributed by atoms with van der Waals surface area (Å²) in [5, 5.41) is 0. The predicted octanol–water partition coefficient (Wildman–Crippen LogP) is 4.50. The largest absolute Gasteiger partial charge is 0.485 e. The molecule has 0 N–H and O–H groups in total. The fourth-order valence-electron chi connectivity index (χ4n) is 4.32. The summed E-state index contributed by atoms with van der Waals surface area (Å²) in [6.07, 6.45) is 3.55. The van der Waals surface area contributed by atoms with E-state index in [4.69, 9.17) is 4.74 Å². The van der Waals surface area contributed by atoms with Crippen molar-refractivity contribution < 1.29 is 13.9 Å². The van der Waals surface area contributed by atoms with Gasteiger partial charge in [-0.1, -0.05) is 31.2 Å². The molecule has 2 aliphatic heterocycles. The lowest BCUT2D eigenvalue weighted by Crippen LogP contribution is -2.50. The van der Waals surface area contributed by atoms with E-state index in [0.717, 1.165) is 50.2 Å². The van der Waals surface area contributed by atoms with Gasteiger partial charge in [-0.15, -0.1) is 0 Å². The third-order valence-corrected chi connectivity index (χ3v) is 5.93. The Morgan fingerprint density at radius 1 is 1.04 bits per heavy atom. The van der Waals surface area contributed by atoms with Gasteiger partial charge in [0, 0.05) is 45.4 Å². The lowest BCUT2D eigenvalue weighted by molar-refractivity contribution is 0.00228. The number of likely N-dealkylation sites (tertiary alicyclic amines) is 1. The molecular weight excluding hydrogens is 355 g/mol. The predicted molar refractivity (Wildman–Crippen MR) is 108 cm³/mol. The Morgan fingerprint density at radius 3 is 2.46 bits per heavy atom. The average molecular weight is 382 g/mol. The van der Waals surface area contributed by atoms with Gasteiger partial charge in [-0.3, -0.25) is 4.79 Å². The number of anilines is 1. The summed E-state index contributed by atoms with van der Waals surface area (Å²) in [6, 6.07) is 14.4. The van der Waals surface area contributed by atoms with Gasteiger partial charge in [0.05, 0.1) is 11.3 Å². The van der Waals surface area contributed by atoms with Gasteiger partial charge < -0.3 is 14.5 Å². The van der Waals surface area contributed by atoms with Crippen LogP contribution in [0.1, 0.15) is 43.0 Å². The second-order valence-corrected chi connectivity index (χ2v) is 7.76. The van der Waals surface area contributed by atoms with E-state index in [1.807, 2.05) is 12.1 Å². The highest BCUT2D eigenvalue weighted by molar-refractivity contribution is 5.94. The molecule has 2 aliphatic rings. The number of halogens is 1.